The van der Waals surface area contributed by atoms with Crippen LogP contribution in [0.15, 0.2) is 30.3 Å². The molecule has 0 heterocycles. The lowest BCUT2D eigenvalue weighted by Gasteiger charge is -2.26. The molecule has 0 aliphatic heterocycles. The van der Waals surface area contributed by atoms with Gasteiger partial charge in [0.2, 0.25) is 0 Å². The molecule has 0 radical (unpaired) electrons. The Bertz CT molecular complexity index is 313. The van der Waals surface area contributed by atoms with Crippen LogP contribution in [0.1, 0.15) is 38.2 Å². The summed E-state index contributed by atoms with van der Waals surface area (Å²) in [7, 11) is 0. The van der Waals surface area contributed by atoms with Crippen LogP contribution in [0.25, 0.3) is 0 Å². The van der Waals surface area contributed by atoms with Gasteiger partial charge in [0.25, 0.3) is 0 Å². The van der Waals surface area contributed by atoms with Crippen molar-refractivity contribution in [3.63, 3.8) is 0 Å². The zero-order valence-corrected chi connectivity index (χ0v) is 11.1. The molecule has 3 unspecified atom stereocenters. The van der Waals surface area contributed by atoms with Crippen molar-refractivity contribution in [1.82, 2.24) is 0 Å². The maximum absolute atomic E-state index is 3.67. The van der Waals surface area contributed by atoms with E-state index in [1.54, 1.807) is 0 Å². The van der Waals surface area contributed by atoms with Crippen molar-refractivity contribution in [2.24, 2.45) is 11.3 Å². The molecule has 1 fully saturated rings. The van der Waals surface area contributed by atoms with Crippen molar-refractivity contribution < 1.29 is 0 Å². The second kappa shape index (κ2) is 4.29. The molecule has 1 heteroatoms. The first-order valence-electron chi connectivity index (χ1n) is 5.82. The topological polar surface area (TPSA) is 0 Å². The summed E-state index contributed by atoms with van der Waals surface area (Å²) in [5, 5.41) is 1.13. The van der Waals surface area contributed by atoms with Gasteiger partial charge >= 0.3 is 0 Å². The molecule has 0 bridgehead atoms. The number of hydrogen-bond donors (Lipinski definition) is 0. The molecular formula is C14H19Br. The third kappa shape index (κ3) is 2.13. The van der Waals surface area contributed by atoms with E-state index in [-0.39, 0.29) is 0 Å². The predicted molar refractivity (Wildman–Crippen MR) is 69.5 cm³/mol. The van der Waals surface area contributed by atoms with E-state index in [1.165, 1.54) is 18.4 Å². The van der Waals surface area contributed by atoms with Crippen LogP contribution in [0.4, 0.5) is 0 Å². The number of benzene rings is 1. The van der Waals surface area contributed by atoms with Gasteiger partial charge in [-0.25, -0.2) is 0 Å². The molecule has 1 aliphatic rings. The SMILES string of the molecule is CCC(C)(CBr)C1CC1c1ccccc1. The van der Waals surface area contributed by atoms with E-state index in [0.717, 1.165) is 17.2 Å². The summed E-state index contributed by atoms with van der Waals surface area (Å²) in [6.45, 7) is 4.72. The molecule has 2 rings (SSSR count). The van der Waals surface area contributed by atoms with Gasteiger partial charge in [0.05, 0.1) is 0 Å². The van der Waals surface area contributed by atoms with E-state index in [9.17, 15) is 0 Å². The summed E-state index contributed by atoms with van der Waals surface area (Å²) in [6, 6.07) is 11.0. The molecule has 0 amide bonds. The molecule has 0 nitrogen and oxygen atoms in total. The van der Waals surface area contributed by atoms with Crippen LogP contribution in [0.2, 0.25) is 0 Å². The van der Waals surface area contributed by atoms with E-state index in [1.807, 2.05) is 0 Å². The average Bonchev–Trinajstić information content (AvgIpc) is 3.10. The third-order valence-electron chi connectivity index (χ3n) is 4.03. The van der Waals surface area contributed by atoms with Crippen molar-refractivity contribution in [2.75, 3.05) is 5.33 Å². The van der Waals surface area contributed by atoms with Crippen molar-refractivity contribution in [3.05, 3.63) is 35.9 Å². The third-order valence-corrected chi connectivity index (χ3v) is 5.31. The van der Waals surface area contributed by atoms with Gasteiger partial charge in [-0.15, -0.1) is 0 Å². The monoisotopic (exact) mass is 266 g/mol. The summed E-state index contributed by atoms with van der Waals surface area (Å²) in [5.41, 5.74) is 2.02. The van der Waals surface area contributed by atoms with Crippen LogP contribution >= 0.6 is 15.9 Å². The molecular weight excluding hydrogens is 248 g/mol. The van der Waals surface area contributed by atoms with Crippen LogP contribution < -0.4 is 0 Å². The zero-order valence-electron chi connectivity index (χ0n) is 9.54. The second-order valence-corrected chi connectivity index (χ2v) is 5.56. The lowest BCUT2D eigenvalue weighted by Crippen LogP contribution is -2.20. The Morgan fingerprint density at radius 3 is 2.53 bits per heavy atom. The smallest absolute Gasteiger partial charge is 0.00880 e. The van der Waals surface area contributed by atoms with Crippen LogP contribution in [0.3, 0.4) is 0 Å². The van der Waals surface area contributed by atoms with Crippen molar-refractivity contribution in [3.8, 4) is 0 Å². The predicted octanol–water partition coefficient (Wildman–Crippen LogP) is 4.60. The highest BCUT2D eigenvalue weighted by atomic mass is 79.9. The van der Waals surface area contributed by atoms with Crippen LogP contribution in [-0.2, 0) is 0 Å². The van der Waals surface area contributed by atoms with Gasteiger partial charge in [0.15, 0.2) is 0 Å². The Kier molecular flexibility index (Phi) is 3.20. The van der Waals surface area contributed by atoms with Crippen LogP contribution in [0.5, 0.6) is 0 Å². The fraction of sp³-hybridized carbons (Fsp3) is 0.571. The van der Waals surface area contributed by atoms with Gasteiger partial charge in [-0.2, -0.15) is 0 Å². The van der Waals surface area contributed by atoms with E-state index >= 15 is 0 Å². The lowest BCUT2D eigenvalue weighted by molar-refractivity contribution is 0.302. The quantitative estimate of drug-likeness (QED) is 0.699. The van der Waals surface area contributed by atoms with Gasteiger partial charge in [0.1, 0.15) is 0 Å². The maximum atomic E-state index is 3.67. The van der Waals surface area contributed by atoms with Crippen molar-refractivity contribution in [1.29, 1.82) is 0 Å². The molecule has 3 atom stereocenters. The van der Waals surface area contributed by atoms with Gasteiger partial charge < -0.3 is 0 Å². The maximum Gasteiger partial charge on any atom is 0.00880 e. The second-order valence-electron chi connectivity index (χ2n) is 5.00. The molecule has 0 aromatic heterocycles. The van der Waals surface area contributed by atoms with Crippen LogP contribution in [0, 0.1) is 11.3 Å². The minimum atomic E-state index is 0.487. The highest BCUT2D eigenvalue weighted by Crippen LogP contribution is 2.58. The average molecular weight is 267 g/mol. The molecule has 0 spiro atoms. The number of rotatable bonds is 4. The summed E-state index contributed by atoms with van der Waals surface area (Å²) < 4.78 is 0. The lowest BCUT2D eigenvalue weighted by atomic mass is 9.82. The molecule has 0 N–H and O–H groups in total. The zero-order chi connectivity index (χ0) is 10.9. The Balaban J connectivity index is 2.08. The summed E-state index contributed by atoms with van der Waals surface area (Å²) >= 11 is 3.67. The molecule has 15 heavy (non-hydrogen) atoms. The van der Waals surface area contributed by atoms with Crippen molar-refractivity contribution in [2.45, 2.75) is 32.6 Å². The minimum Gasteiger partial charge on any atom is -0.0922 e. The van der Waals surface area contributed by atoms with E-state index in [2.05, 4.69) is 60.1 Å². The summed E-state index contributed by atoms with van der Waals surface area (Å²) in [5.74, 6) is 1.69. The Morgan fingerprint density at radius 1 is 1.33 bits per heavy atom. The van der Waals surface area contributed by atoms with Gasteiger partial charge in [-0.1, -0.05) is 60.1 Å². The molecule has 0 saturated heterocycles. The number of alkyl halides is 1. The highest BCUT2D eigenvalue weighted by molar-refractivity contribution is 9.09. The first-order chi connectivity index (χ1) is 7.21. The van der Waals surface area contributed by atoms with Gasteiger partial charge in [-0.05, 0) is 35.7 Å². The first-order valence-corrected chi connectivity index (χ1v) is 6.94. The molecule has 1 aromatic rings. The van der Waals surface area contributed by atoms with Crippen LogP contribution in [-0.4, -0.2) is 5.33 Å². The fourth-order valence-corrected chi connectivity index (χ4v) is 3.30. The van der Waals surface area contributed by atoms with Crippen molar-refractivity contribution >= 4 is 15.9 Å². The Morgan fingerprint density at radius 2 is 2.00 bits per heavy atom. The molecule has 1 aromatic carbocycles. The Labute approximate surface area is 101 Å². The highest BCUT2D eigenvalue weighted by Gasteiger charge is 2.48. The summed E-state index contributed by atoms with van der Waals surface area (Å²) in [4.78, 5) is 0. The summed E-state index contributed by atoms with van der Waals surface area (Å²) in [6.07, 6.45) is 2.65. The molecule has 1 saturated carbocycles. The molecule has 1 aliphatic carbocycles. The van der Waals surface area contributed by atoms with E-state index in [4.69, 9.17) is 0 Å². The molecule has 82 valence electrons. The number of hydrogen-bond acceptors (Lipinski definition) is 0. The van der Waals surface area contributed by atoms with E-state index in [0.29, 0.717) is 5.41 Å². The Hall–Kier alpha value is -0.300. The van der Waals surface area contributed by atoms with Gasteiger partial charge in [-0.3, -0.25) is 0 Å². The largest absolute Gasteiger partial charge is 0.0922 e. The minimum absolute atomic E-state index is 0.487. The van der Waals surface area contributed by atoms with E-state index < -0.39 is 0 Å². The first kappa shape index (κ1) is 11.2. The fourth-order valence-electron chi connectivity index (χ4n) is 2.49. The standard InChI is InChI=1S/C14H19Br/c1-3-14(2,10-15)13-9-12(13)11-7-5-4-6-8-11/h4-8,12-13H,3,9-10H2,1-2H3. The number of halogens is 1. The van der Waals surface area contributed by atoms with Gasteiger partial charge in [0, 0.05) is 5.33 Å². The normalized spacial score (nSPS) is 28.5.